The number of carbonyl (C=O) groups is 1. The van der Waals surface area contributed by atoms with Crippen LogP contribution in [0.2, 0.25) is 0 Å². The fourth-order valence-corrected chi connectivity index (χ4v) is 0.795. The molecule has 1 aromatic carbocycles. The summed E-state index contributed by atoms with van der Waals surface area (Å²) in [5.41, 5.74) is 8.26. The summed E-state index contributed by atoms with van der Waals surface area (Å²) < 4.78 is 4.58. The standard InChI is InChI=1S/C8H10N2O3.C2H6/c9-7-3-1-6(2-4-7)5-13-8(11)10-12;1-2/h1-4,12H,5,9H2,(H,10,11);1-2H3. The smallest absolute Gasteiger partial charge is 0.431 e. The number of benzene rings is 1. The molecular weight excluding hydrogens is 196 g/mol. The molecule has 0 saturated heterocycles. The largest absolute Gasteiger partial charge is 0.443 e. The molecule has 0 fully saturated rings. The van der Waals surface area contributed by atoms with Gasteiger partial charge in [0.15, 0.2) is 0 Å². The van der Waals surface area contributed by atoms with Gasteiger partial charge in [-0.1, -0.05) is 26.0 Å². The van der Waals surface area contributed by atoms with Crippen molar-refractivity contribution in [3.05, 3.63) is 29.8 Å². The molecule has 1 aromatic rings. The first-order valence-corrected chi connectivity index (χ1v) is 4.63. The Labute approximate surface area is 88.8 Å². The highest BCUT2D eigenvalue weighted by Crippen LogP contribution is 2.06. The lowest BCUT2D eigenvalue weighted by atomic mass is 10.2. The molecule has 0 heterocycles. The third kappa shape index (κ3) is 5.53. The lowest BCUT2D eigenvalue weighted by molar-refractivity contribution is 0.0842. The second-order valence-corrected chi connectivity index (χ2v) is 2.43. The predicted octanol–water partition coefficient (Wildman–Crippen LogP) is 1.91. The summed E-state index contributed by atoms with van der Waals surface area (Å²) in [6, 6.07) is 6.88. The van der Waals surface area contributed by atoms with Crippen molar-refractivity contribution in [2.24, 2.45) is 0 Å². The molecule has 0 saturated carbocycles. The van der Waals surface area contributed by atoms with Crippen LogP contribution in [0.1, 0.15) is 19.4 Å². The molecular formula is C10H16N2O3. The molecule has 5 heteroatoms. The molecule has 4 N–H and O–H groups in total. The molecule has 15 heavy (non-hydrogen) atoms. The van der Waals surface area contributed by atoms with Crippen molar-refractivity contribution in [3.63, 3.8) is 0 Å². The van der Waals surface area contributed by atoms with Gasteiger partial charge in [0.25, 0.3) is 0 Å². The normalized spacial score (nSPS) is 8.47. The van der Waals surface area contributed by atoms with E-state index in [2.05, 4.69) is 4.74 Å². The summed E-state index contributed by atoms with van der Waals surface area (Å²) in [4.78, 5) is 10.4. The highest BCUT2D eigenvalue weighted by atomic mass is 16.6. The van der Waals surface area contributed by atoms with Crippen molar-refractivity contribution in [3.8, 4) is 0 Å². The molecule has 0 bridgehead atoms. The summed E-state index contributed by atoms with van der Waals surface area (Å²) in [5, 5.41) is 8.11. The zero-order chi connectivity index (χ0) is 11.7. The summed E-state index contributed by atoms with van der Waals surface area (Å²) >= 11 is 0. The summed E-state index contributed by atoms with van der Waals surface area (Å²) in [5.74, 6) is 0. The van der Waals surface area contributed by atoms with Crippen molar-refractivity contribution in [1.82, 2.24) is 5.48 Å². The van der Waals surface area contributed by atoms with E-state index in [1.807, 2.05) is 13.8 Å². The van der Waals surface area contributed by atoms with Gasteiger partial charge >= 0.3 is 6.09 Å². The molecule has 0 aliphatic heterocycles. The van der Waals surface area contributed by atoms with Gasteiger partial charge in [-0.05, 0) is 17.7 Å². The van der Waals surface area contributed by atoms with E-state index in [1.54, 1.807) is 24.3 Å². The lowest BCUT2D eigenvalue weighted by Gasteiger charge is -2.02. The zero-order valence-corrected chi connectivity index (χ0v) is 8.86. The van der Waals surface area contributed by atoms with Crippen LogP contribution in [-0.4, -0.2) is 11.3 Å². The van der Waals surface area contributed by atoms with Gasteiger partial charge in [-0.15, -0.1) is 0 Å². The first-order valence-electron chi connectivity index (χ1n) is 4.63. The first kappa shape index (κ1) is 13.2. The average molecular weight is 212 g/mol. The van der Waals surface area contributed by atoms with Crippen molar-refractivity contribution < 1.29 is 14.7 Å². The molecule has 0 unspecified atom stereocenters. The second-order valence-electron chi connectivity index (χ2n) is 2.43. The topological polar surface area (TPSA) is 84.6 Å². The Hall–Kier alpha value is -1.75. The lowest BCUT2D eigenvalue weighted by Crippen LogP contribution is -2.19. The van der Waals surface area contributed by atoms with Crippen molar-refractivity contribution in [2.45, 2.75) is 20.5 Å². The Balaban J connectivity index is 0.000000921. The van der Waals surface area contributed by atoms with Crippen LogP contribution in [0.25, 0.3) is 0 Å². The minimum atomic E-state index is -0.878. The minimum Gasteiger partial charge on any atom is -0.443 e. The number of amides is 1. The van der Waals surface area contributed by atoms with Gasteiger partial charge in [-0.2, -0.15) is 0 Å². The van der Waals surface area contributed by atoms with E-state index in [0.717, 1.165) is 5.56 Å². The van der Waals surface area contributed by atoms with Crippen LogP contribution in [0.5, 0.6) is 0 Å². The monoisotopic (exact) mass is 212 g/mol. The van der Waals surface area contributed by atoms with Gasteiger partial charge < -0.3 is 10.5 Å². The van der Waals surface area contributed by atoms with Crippen molar-refractivity contribution in [1.29, 1.82) is 0 Å². The fraction of sp³-hybridized carbons (Fsp3) is 0.300. The van der Waals surface area contributed by atoms with Gasteiger partial charge in [-0.25, -0.2) is 10.3 Å². The molecule has 84 valence electrons. The number of hydrogen-bond acceptors (Lipinski definition) is 4. The number of hydroxylamine groups is 1. The maximum atomic E-state index is 10.4. The fourth-order valence-electron chi connectivity index (χ4n) is 0.795. The molecule has 0 aliphatic rings. The average Bonchev–Trinajstić information content (AvgIpc) is 2.30. The summed E-state index contributed by atoms with van der Waals surface area (Å²) in [7, 11) is 0. The maximum absolute atomic E-state index is 10.4. The quantitative estimate of drug-likeness (QED) is 0.397. The van der Waals surface area contributed by atoms with Crippen LogP contribution in [0, 0.1) is 0 Å². The highest BCUT2D eigenvalue weighted by Gasteiger charge is 1.99. The molecule has 0 atom stereocenters. The van der Waals surface area contributed by atoms with E-state index in [1.165, 1.54) is 5.48 Å². The SMILES string of the molecule is CC.Nc1ccc(COC(=O)NO)cc1. The van der Waals surface area contributed by atoms with Crippen LogP contribution in [-0.2, 0) is 11.3 Å². The number of carbonyl (C=O) groups excluding carboxylic acids is 1. The van der Waals surface area contributed by atoms with Crippen LogP contribution >= 0.6 is 0 Å². The van der Waals surface area contributed by atoms with Crippen LogP contribution < -0.4 is 11.2 Å². The molecule has 0 aliphatic carbocycles. The summed E-state index contributed by atoms with van der Waals surface area (Å²) in [6.07, 6.45) is -0.878. The van der Waals surface area contributed by atoms with E-state index in [-0.39, 0.29) is 6.61 Å². The van der Waals surface area contributed by atoms with E-state index in [4.69, 9.17) is 10.9 Å². The van der Waals surface area contributed by atoms with E-state index in [0.29, 0.717) is 5.69 Å². The Morgan fingerprint density at radius 2 is 1.93 bits per heavy atom. The van der Waals surface area contributed by atoms with Crippen molar-refractivity contribution in [2.75, 3.05) is 5.73 Å². The van der Waals surface area contributed by atoms with Gasteiger partial charge in [0, 0.05) is 5.69 Å². The Morgan fingerprint density at radius 1 is 1.40 bits per heavy atom. The highest BCUT2D eigenvalue weighted by molar-refractivity contribution is 5.65. The number of rotatable bonds is 2. The molecule has 1 rings (SSSR count). The number of nitrogen functional groups attached to an aromatic ring is 1. The zero-order valence-electron chi connectivity index (χ0n) is 8.86. The third-order valence-corrected chi connectivity index (χ3v) is 1.44. The van der Waals surface area contributed by atoms with Crippen LogP contribution in [0.3, 0.4) is 0 Å². The van der Waals surface area contributed by atoms with Crippen LogP contribution in [0.4, 0.5) is 10.5 Å². The van der Waals surface area contributed by atoms with Crippen LogP contribution in [0.15, 0.2) is 24.3 Å². The number of ether oxygens (including phenoxy) is 1. The third-order valence-electron chi connectivity index (χ3n) is 1.44. The molecule has 0 aromatic heterocycles. The number of anilines is 1. The number of hydrogen-bond donors (Lipinski definition) is 3. The Bertz CT molecular complexity index is 285. The predicted molar refractivity (Wildman–Crippen MR) is 57.3 cm³/mol. The second kappa shape index (κ2) is 7.64. The number of nitrogens with two attached hydrogens (primary N) is 1. The molecule has 5 nitrogen and oxygen atoms in total. The summed E-state index contributed by atoms with van der Waals surface area (Å²) in [6.45, 7) is 4.10. The molecule has 1 amide bonds. The van der Waals surface area contributed by atoms with Crippen molar-refractivity contribution >= 4 is 11.8 Å². The Morgan fingerprint density at radius 3 is 2.40 bits per heavy atom. The van der Waals surface area contributed by atoms with E-state index in [9.17, 15) is 4.79 Å². The van der Waals surface area contributed by atoms with E-state index >= 15 is 0 Å². The Kier molecular flexibility index (Phi) is 6.74. The van der Waals surface area contributed by atoms with Gasteiger partial charge in [-0.3, -0.25) is 5.21 Å². The molecule has 0 spiro atoms. The van der Waals surface area contributed by atoms with E-state index < -0.39 is 6.09 Å². The number of nitrogens with one attached hydrogen (secondary N) is 1. The maximum Gasteiger partial charge on any atom is 0.431 e. The first-order chi connectivity index (χ1) is 7.22. The van der Waals surface area contributed by atoms with Gasteiger partial charge in [0.2, 0.25) is 0 Å². The van der Waals surface area contributed by atoms with Gasteiger partial charge in [0.05, 0.1) is 0 Å². The van der Waals surface area contributed by atoms with Gasteiger partial charge in [0.1, 0.15) is 6.61 Å². The molecule has 0 radical (unpaired) electrons. The minimum absolute atomic E-state index is 0.104.